The zero-order valence-corrected chi connectivity index (χ0v) is 14.7. The number of rotatable bonds is 5. The number of aromatic nitrogens is 2. The van der Waals surface area contributed by atoms with Gasteiger partial charge >= 0.3 is 0 Å². The van der Waals surface area contributed by atoms with Gasteiger partial charge in [-0.1, -0.05) is 0 Å². The highest BCUT2D eigenvalue weighted by Crippen LogP contribution is 2.27. The largest absolute Gasteiger partial charge is 0.315 e. The molecule has 0 amide bonds. The van der Waals surface area contributed by atoms with Gasteiger partial charge in [-0.2, -0.15) is 5.10 Å². The van der Waals surface area contributed by atoms with Crippen LogP contribution in [0.4, 0.5) is 0 Å². The Morgan fingerprint density at radius 2 is 2.00 bits per heavy atom. The molecule has 1 aromatic heterocycles. The van der Waals surface area contributed by atoms with Crippen LogP contribution in [0.2, 0.25) is 0 Å². The SMILES string of the molecule is CNC(Cc1c(Br)c(C)nn1C)C(C)(C)S(C)(=O)=O. The minimum absolute atomic E-state index is 0.186. The van der Waals surface area contributed by atoms with Gasteiger partial charge in [-0.15, -0.1) is 0 Å². The lowest BCUT2D eigenvalue weighted by molar-refractivity contribution is 0.422. The third-order valence-corrected chi connectivity index (χ3v) is 7.03. The van der Waals surface area contributed by atoms with Gasteiger partial charge in [-0.25, -0.2) is 8.42 Å². The molecule has 0 saturated heterocycles. The lowest BCUT2D eigenvalue weighted by Crippen LogP contribution is -2.51. The van der Waals surface area contributed by atoms with Crippen molar-refractivity contribution < 1.29 is 8.42 Å². The van der Waals surface area contributed by atoms with Crippen LogP contribution in [-0.4, -0.2) is 42.3 Å². The van der Waals surface area contributed by atoms with Gasteiger partial charge in [0.15, 0.2) is 9.84 Å². The van der Waals surface area contributed by atoms with Crippen LogP contribution in [-0.2, 0) is 23.3 Å². The van der Waals surface area contributed by atoms with Gasteiger partial charge in [0.25, 0.3) is 0 Å². The average Bonchev–Trinajstić information content (AvgIpc) is 2.49. The van der Waals surface area contributed by atoms with Crippen molar-refractivity contribution in [3.8, 4) is 0 Å². The first kappa shape index (κ1) is 16.7. The Morgan fingerprint density at radius 3 is 2.32 bits per heavy atom. The highest BCUT2D eigenvalue weighted by Gasteiger charge is 2.39. The minimum Gasteiger partial charge on any atom is -0.315 e. The molecule has 0 aromatic carbocycles. The maximum atomic E-state index is 11.9. The van der Waals surface area contributed by atoms with Crippen molar-refractivity contribution in [3.05, 3.63) is 15.9 Å². The summed E-state index contributed by atoms with van der Waals surface area (Å²) < 4.78 is 25.8. The normalized spacial score (nSPS) is 14.7. The number of halogens is 1. The fourth-order valence-electron chi connectivity index (χ4n) is 2.05. The first-order valence-electron chi connectivity index (χ1n) is 6.07. The Kier molecular flexibility index (Phi) is 4.85. The maximum Gasteiger partial charge on any atom is 0.154 e. The molecule has 0 saturated carbocycles. The number of aryl methyl sites for hydroxylation is 2. The van der Waals surface area contributed by atoms with Crippen LogP contribution in [0, 0.1) is 6.92 Å². The van der Waals surface area contributed by atoms with Crippen LogP contribution in [0.3, 0.4) is 0 Å². The average molecular weight is 352 g/mol. The van der Waals surface area contributed by atoms with E-state index in [1.165, 1.54) is 6.26 Å². The second-order valence-electron chi connectivity index (χ2n) is 5.39. The summed E-state index contributed by atoms with van der Waals surface area (Å²) in [5.41, 5.74) is 1.90. The van der Waals surface area contributed by atoms with E-state index < -0.39 is 14.6 Å². The van der Waals surface area contributed by atoms with Gasteiger partial charge in [0.2, 0.25) is 0 Å². The van der Waals surface area contributed by atoms with Gasteiger partial charge in [0, 0.05) is 25.8 Å². The second kappa shape index (κ2) is 5.54. The summed E-state index contributed by atoms with van der Waals surface area (Å²) in [4.78, 5) is 0. The van der Waals surface area contributed by atoms with Crippen LogP contribution in [0.25, 0.3) is 0 Å². The van der Waals surface area contributed by atoms with E-state index in [0.29, 0.717) is 6.42 Å². The highest BCUT2D eigenvalue weighted by atomic mass is 79.9. The number of nitrogens with zero attached hydrogens (tertiary/aromatic N) is 2. The van der Waals surface area contributed by atoms with Crippen LogP contribution in [0.1, 0.15) is 25.2 Å². The van der Waals surface area contributed by atoms with E-state index in [1.54, 1.807) is 25.6 Å². The summed E-state index contributed by atoms with van der Waals surface area (Å²) in [7, 11) is 0.495. The molecule has 1 heterocycles. The van der Waals surface area contributed by atoms with Gasteiger partial charge in [0.1, 0.15) is 0 Å². The molecule has 1 unspecified atom stereocenters. The molecule has 7 heteroatoms. The lowest BCUT2D eigenvalue weighted by Gasteiger charge is -2.32. The van der Waals surface area contributed by atoms with Crippen molar-refractivity contribution in [1.82, 2.24) is 15.1 Å². The number of likely N-dealkylation sites (N-methyl/N-ethyl adjacent to an activating group) is 1. The fraction of sp³-hybridized carbons (Fsp3) is 0.750. The van der Waals surface area contributed by atoms with Crippen molar-refractivity contribution in [2.75, 3.05) is 13.3 Å². The standard InChI is InChI=1S/C12H22BrN3O2S/c1-8-11(13)9(16(5)15-8)7-10(14-4)12(2,3)19(6,17)18/h10,14H,7H2,1-6H3. The summed E-state index contributed by atoms with van der Waals surface area (Å²) in [6, 6.07) is -0.186. The molecule has 1 rings (SSSR count). The third-order valence-electron chi connectivity index (χ3n) is 3.80. The molecular formula is C12H22BrN3O2S. The van der Waals surface area contributed by atoms with E-state index in [-0.39, 0.29) is 6.04 Å². The van der Waals surface area contributed by atoms with Crippen molar-refractivity contribution in [3.63, 3.8) is 0 Å². The molecular weight excluding hydrogens is 330 g/mol. The van der Waals surface area contributed by atoms with Crippen LogP contribution >= 0.6 is 15.9 Å². The summed E-state index contributed by atoms with van der Waals surface area (Å²) in [6.45, 7) is 5.42. The molecule has 0 bridgehead atoms. The van der Waals surface area contributed by atoms with Crippen LogP contribution in [0.15, 0.2) is 4.47 Å². The molecule has 0 fully saturated rings. The Balaban J connectivity index is 3.14. The highest BCUT2D eigenvalue weighted by molar-refractivity contribution is 9.10. The molecule has 0 spiro atoms. The van der Waals surface area contributed by atoms with Crippen molar-refractivity contribution in [2.45, 2.75) is 38.0 Å². The Bertz CT molecular complexity index is 564. The van der Waals surface area contributed by atoms with Gasteiger partial charge < -0.3 is 5.32 Å². The van der Waals surface area contributed by atoms with Crippen molar-refractivity contribution in [2.24, 2.45) is 7.05 Å². The summed E-state index contributed by atoms with van der Waals surface area (Å²) in [6.07, 6.45) is 1.87. The fourth-order valence-corrected chi connectivity index (χ4v) is 3.26. The van der Waals surface area contributed by atoms with Crippen molar-refractivity contribution >= 4 is 25.8 Å². The van der Waals surface area contributed by atoms with Gasteiger partial charge in [-0.3, -0.25) is 4.68 Å². The Labute approximate surface area is 123 Å². The number of hydrogen-bond donors (Lipinski definition) is 1. The molecule has 1 atom stereocenters. The zero-order valence-electron chi connectivity index (χ0n) is 12.3. The molecule has 0 aliphatic rings. The molecule has 0 radical (unpaired) electrons. The molecule has 110 valence electrons. The molecule has 0 aliphatic heterocycles. The summed E-state index contributed by atoms with van der Waals surface area (Å²) in [5, 5.41) is 7.45. The van der Waals surface area contributed by atoms with Crippen molar-refractivity contribution in [1.29, 1.82) is 0 Å². The monoisotopic (exact) mass is 351 g/mol. The number of sulfone groups is 1. The first-order chi connectivity index (χ1) is 8.52. The minimum atomic E-state index is -3.16. The van der Waals surface area contributed by atoms with E-state index >= 15 is 0 Å². The molecule has 1 aromatic rings. The molecule has 1 N–H and O–H groups in total. The predicted molar refractivity (Wildman–Crippen MR) is 81.1 cm³/mol. The van der Waals surface area contributed by atoms with E-state index in [0.717, 1.165) is 15.9 Å². The Morgan fingerprint density at radius 1 is 1.47 bits per heavy atom. The predicted octanol–water partition coefficient (Wildman–Crippen LogP) is 1.44. The second-order valence-corrected chi connectivity index (χ2v) is 8.78. The maximum absolute atomic E-state index is 11.9. The number of nitrogens with one attached hydrogen (secondary N) is 1. The summed E-state index contributed by atoms with van der Waals surface area (Å²) in [5.74, 6) is 0. The number of hydrogen-bond acceptors (Lipinski definition) is 4. The lowest BCUT2D eigenvalue weighted by atomic mass is 9.98. The molecule has 0 aliphatic carbocycles. The first-order valence-corrected chi connectivity index (χ1v) is 8.75. The van der Waals surface area contributed by atoms with Crippen LogP contribution < -0.4 is 5.32 Å². The third kappa shape index (κ3) is 3.20. The van der Waals surface area contributed by atoms with Crippen LogP contribution in [0.5, 0.6) is 0 Å². The van der Waals surface area contributed by atoms with E-state index in [4.69, 9.17) is 0 Å². The smallest absolute Gasteiger partial charge is 0.154 e. The Hall–Kier alpha value is -0.400. The molecule has 19 heavy (non-hydrogen) atoms. The van der Waals surface area contributed by atoms with E-state index in [9.17, 15) is 8.42 Å². The molecule has 5 nitrogen and oxygen atoms in total. The van der Waals surface area contributed by atoms with Gasteiger partial charge in [0.05, 0.1) is 20.6 Å². The quantitative estimate of drug-likeness (QED) is 0.871. The zero-order chi connectivity index (χ0) is 15.0. The van der Waals surface area contributed by atoms with Gasteiger partial charge in [-0.05, 0) is 43.7 Å². The van der Waals surface area contributed by atoms with E-state index in [1.807, 2.05) is 14.0 Å². The topological polar surface area (TPSA) is 64.0 Å². The van der Waals surface area contributed by atoms with E-state index in [2.05, 4.69) is 26.3 Å². The summed E-state index contributed by atoms with van der Waals surface area (Å²) >= 11 is 3.52.